The average molecular weight is 393 g/mol. The maximum absolute atomic E-state index is 12.3. The zero-order valence-corrected chi connectivity index (χ0v) is 14.5. The average Bonchev–Trinajstić information content (AvgIpc) is 3.06. The Bertz CT molecular complexity index is 967. The molecule has 0 saturated heterocycles. The Morgan fingerprint density at radius 2 is 1.68 bits per heavy atom. The summed E-state index contributed by atoms with van der Waals surface area (Å²) in [6, 6.07) is 11.9. The minimum Gasteiger partial charge on any atom is -0.497 e. The van der Waals surface area contributed by atoms with Gasteiger partial charge in [-0.1, -0.05) is 17.3 Å². The van der Waals surface area contributed by atoms with Crippen molar-refractivity contribution in [3.8, 4) is 22.8 Å². The van der Waals surface area contributed by atoms with E-state index in [0.29, 0.717) is 16.9 Å². The Labute approximate surface area is 156 Å². The third-order valence-corrected chi connectivity index (χ3v) is 3.79. The second kappa shape index (κ2) is 7.59. The first-order chi connectivity index (χ1) is 13.3. The zero-order chi connectivity index (χ0) is 20.3. The van der Waals surface area contributed by atoms with Gasteiger partial charge in [-0.25, -0.2) is 9.48 Å². The summed E-state index contributed by atoms with van der Waals surface area (Å²) < 4.78 is 47.0. The summed E-state index contributed by atoms with van der Waals surface area (Å²) in [5, 5.41) is 17.0. The quantitative estimate of drug-likeness (QED) is 0.689. The van der Waals surface area contributed by atoms with Gasteiger partial charge in [0.1, 0.15) is 17.2 Å². The van der Waals surface area contributed by atoms with Crippen LogP contribution in [0.1, 0.15) is 16.1 Å². The molecule has 10 heteroatoms. The van der Waals surface area contributed by atoms with E-state index < -0.39 is 12.3 Å². The van der Waals surface area contributed by atoms with Crippen molar-refractivity contribution in [1.82, 2.24) is 15.0 Å². The van der Waals surface area contributed by atoms with Crippen LogP contribution in [0.15, 0.2) is 48.5 Å². The molecule has 28 heavy (non-hydrogen) atoms. The molecule has 0 saturated carbocycles. The second-order valence-electron chi connectivity index (χ2n) is 5.67. The Hall–Kier alpha value is -3.56. The molecule has 3 rings (SSSR count). The molecule has 146 valence electrons. The van der Waals surface area contributed by atoms with Crippen molar-refractivity contribution < 1.29 is 32.5 Å². The lowest BCUT2D eigenvalue weighted by Crippen LogP contribution is -2.17. The highest BCUT2D eigenvalue weighted by Crippen LogP contribution is 2.27. The molecular formula is C18H14F3N3O4. The number of nitrogens with zero attached hydrogens (tertiary/aromatic N) is 3. The zero-order valence-electron chi connectivity index (χ0n) is 14.5. The maximum atomic E-state index is 12.3. The molecule has 0 radical (unpaired) electrons. The predicted molar refractivity (Wildman–Crippen MR) is 91.2 cm³/mol. The van der Waals surface area contributed by atoms with Gasteiger partial charge in [0.2, 0.25) is 0 Å². The van der Waals surface area contributed by atoms with Gasteiger partial charge in [0.25, 0.3) is 0 Å². The number of hydrogen-bond acceptors (Lipinski definition) is 5. The molecule has 7 nitrogen and oxygen atoms in total. The second-order valence-corrected chi connectivity index (χ2v) is 5.67. The molecule has 1 aromatic heterocycles. The molecule has 0 spiro atoms. The normalized spacial score (nSPS) is 11.3. The van der Waals surface area contributed by atoms with Gasteiger partial charge < -0.3 is 14.6 Å². The van der Waals surface area contributed by atoms with Crippen LogP contribution in [0.4, 0.5) is 13.2 Å². The number of methoxy groups -OCH3 is 1. The van der Waals surface area contributed by atoms with Crippen LogP contribution in [0.3, 0.4) is 0 Å². The molecule has 0 bridgehead atoms. The number of benzene rings is 2. The number of halogens is 3. The number of carboxylic acid groups (broad SMARTS) is 1. The van der Waals surface area contributed by atoms with Gasteiger partial charge in [0.05, 0.1) is 13.7 Å². The molecule has 0 aliphatic heterocycles. The van der Waals surface area contributed by atoms with Crippen LogP contribution >= 0.6 is 0 Å². The van der Waals surface area contributed by atoms with Crippen molar-refractivity contribution in [2.45, 2.75) is 12.9 Å². The minimum atomic E-state index is -4.77. The SMILES string of the molecule is COc1ccc(-c2c(C(=O)O)nnn2Cc2ccc(OC(F)(F)F)cc2)cc1. The number of ether oxygens (including phenoxy) is 2. The number of rotatable bonds is 6. The molecule has 0 atom stereocenters. The minimum absolute atomic E-state index is 0.105. The largest absolute Gasteiger partial charge is 0.573 e. The Morgan fingerprint density at radius 3 is 2.21 bits per heavy atom. The number of alkyl halides is 3. The number of carbonyl (C=O) groups is 1. The van der Waals surface area contributed by atoms with Gasteiger partial charge in [-0.15, -0.1) is 18.3 Å². The highest BCUT2D eigenvalue weighted by molar-refractivity contribution is 5.92. The predicted octanol–water partition coefficient (Wildman–Crippen LogP) is 3.60. The summed E-state index contributed by atoms with van der Waals surface area (Å²) >= 11 is 0. The first-order valence-electron chi connectivity index (χ1n) is 7.93. The first-order valence-corrected chi connectivity index (χ1v) is 7.93. The van der Waals surface area contributed by atoms with Crippen molar-refractivity contribution in [1.29, 1.82) is 0 Å². The molecule has 0 fully saturated rings. The standard InChI is InChI=1S/C18H14F3N3O4/c1-27-13-8-4-12(5-9-13)16-15(17(25)26)22-23-24(16)10-11-2-6-14(7-3-11)28-18(19,20)21/h2-9H,10H2,1H3,(H,25,26). The van der Waals surface area contributed by atoms with Crippen LogP contribution in [0, 0.1) is 0 Å². The Kier molecular flexibility index (Phi) is 5.21. The van der Waals surface area contributed by atoms with E-state index in [0.717, 1.165) is 0 Å². The van der Waals surface area contributed by atoms with E-state index in [1.807, 2.05) is 0 Å². The van der Waals surface area contributed by atoms with Crippen molar-refractivity contribution in [2.75, 3.05) is 7.11 Å². The molecular weight excluding hydrogens is 379 g/mol. The molecule has 0 aliphatic rings. The Balaban J connectivity index is 1.91. The van der Waals surface area contributed by atoms with Gasteiger partial charge in [0, 0.05) is 5.56 Å². The summed E-state index contributed by atoms with van der Waals surface area (Å²) in [5.41, 5.74) is 1.18. The molecule has 0 aliphatic carbocycles. The van der Waals surface area contributed by atoms with Gasteiger partial charge >= 0.3 is 12.3 Å². The third-order valence-electron chi connectivity index (χ3n) is 3.79. The third kappa shape index (κ3) is 4.40. The van der Waals surface area contributed by atoms with Crippen molar-refractivity contribution in [2.24, 2.45) is 0 Å². The Morgan fingerprint density at radius 1 is 1.07 bits per heavy atom. The summed E-state index contributed by atoms with van der Waals surface area (Å²) in [6.07, 6.45) is -4.77. The van der Waals surface area contributed by atoms with Crippen LogP contribution in [-0.4, -0.2) is 39.5 Å². The van der Waals surface area contributed by atoms with E-state index in [4.69, 9.17) is 4.74 Å². The smallest absolute Gasteiger partial charge is 0.497 e. The number of carboxylic acids is 1. The highest BCUT2D eigenvalue weighted by Gasteiger charge is 2.31. The molecule has 3 aromatic rings. The van der Waals surface area contributed by atoms with E-state index >= 15 is 0 Å². The fourth-order valence-electron chi connectivity index (χ4n) is 2.57. The van der Waals surface area contributed by atoms with Crippen LogP contribution in [0.5, 0.6) is 11.5 Å². The van der Waals surface area contributed by atoms with Crippen LogP contribution < -0.4 is 9.47 Å². The van der Waals surface area contributed by atoms with E-state index in [1.54, 1.807) is 24.3 Å². The number of hydrogen-bond donors (Lipinski definition) is 1. The molecule has 0 unspecified atom stereocenters. The summed E-state index contributed by atoms with van der Waals surface area (Å²) in [4.78, 5) is 11.5. The van der Waals surface area contributed by atoms with Crippen molar-refractivity contribution in [3.05, 3.63) is 59.8 Å². The number of aromatic nitrogens is 3. The van der Waals surface area contributed by atoms with E-state index in [9.17, 15) is 23.1 Å². The lowest BCUT2D eigenvalue weighted by atomic mass is 10.1. The molecule has 1 heterocycles. The first kappa shape index (κ1) is 19.2. The monoisotopic (exact) mass is 393 g/mol. The van der Waals surface area contributed by atoms with Gasteiger partial charge in [-0.05, 0) is 42.0 Å². The van der Waals surface area contributed by atoms with Crippen LogP contribution in [0.2, 0.25) is 0 Å². The van der Waals surface area contributed by atoms with Gasteiger partial charge in [0.15, 0.2) is 5.69 Å². The van der Waals surface area contributed by atoms with Gasteiger partial charge in [-0.2, -0.15) is 0 Å². The molecule has 0 amide bonds. The molecule has 2 aromatic carbocycles. The fraction of sp³-hybridized carbons (Fsp3) is 0.167. The van der Waals surface area contributed by atoms with E-state index in [1.165, 1.54) is 36.1 Å². The van der Waals surface area contributed by atoms with Crippen LogP contribution in [-0.2, 0) is 6.54 Å². The summed E-state index contributed by atoms with van der Waals surface area (Å²) in [6.45, 7) is 0.105. The van der Waals surface area contributed by atoms with Gasteiger partial charge in [-0.3, -0.25) is 0 Å². The fourth-order valence-corrected chi connectivity index (χ4v) is 2.57. The number of aromatic carboxylic acids is 1. The summed E-state index contributed by atoms with van der Waals surface area (Å²) in [7, 11) is 1.51. The lowest BCUT2D eigenvalue weighted by Gasteiger charge is -2.11. The van der Waals surface area contributed by atoms with Crippen LogP contribution in [0.25, 0.3) is 11.3 Å². The van der Waals surface area contributed by atoms with E-state index in [2.05, 4.69) is 15.0 Å². The van der Waals surface area contributed by atoms with E-state index in [-0.39, 0.29) is 23.7 Å². The lowest BCUT2D eigenvalue weighted by molar-refractivity contribution is -0.274. The highest BCUT2D eigenvalue weighted by atomic mass is 19.4. The maximum Gasteiger partial charge on any atom is 0.573 e. The van der Waals surface area contributed by atoms with Crippen molar-refractivity contribution in [3.63, 3.8) is 0 Å². The topological polar surface area (TPSA) is 86.5 Å². The molecule has 1 N–H and O–H groups in total. The van der Waals surface area contributed by atoms with Crippen molar-refractivity contribution >= 4 is 5.97 Å². The summed E-state index contributed by atoms with van der Waals surface area (Å²) in [5.74, 6) is -0.998.